The number of aliphatic hydroxyl groups is 1. The molecule has 1 unspecified atom stereocenters. The van der Waals surface area contributed by atoms with Crippen LogP contribution in [0.2, 0.25) is 0 Å². The molecule has 1 aromatic carbocycles. The molecule has 1 rings (SSSR count). The molecule has 0 aliphatic carbocycles. The quantitative estimate of drug-likeness (QED) is 0.571. The van der Waals surface area contributed by atoms with Crippen LogP contribution in [0.5, 0.6) is 0 Å². The van der Waals surface area contributed by atoms with E-state index in [1.807, 2.05) is 0 Å². The Bertz CT molecular complexity index is 368. The van der Waals surface area contributed by atoms with Crippen molar-refractivity contribution in [1.82, 2.24) is 0 Å². The molecule has 0 saturated carbocycles. The van der Waals surface area contributed by atoms with Gasteiger partial charge in [0.25, 0.3) is 0 Å². The molecule has 0 aliphatic heterocycles. The third-order valence-electron chi connectivity index (χ3n) is 2.10. The van der Waals surface area contributed by atoms with Crippen molar-refractivity contribution in [2.45, 2.75) is 5.92 Å². The average molecular weight is 213 g/mol. The first-order chi connectivity index (χ1) is 7.11. The van der Waals surface area contributed by atoms with Crippen LogP contribution >= 0.6 is 0 Å². The Kier molecular flexibility index (Phi) is 3.62. The molecule has 0 spiro atoms. The van der Waals surface area contributed by atoms with Gasteiger partial charge in [-0.2, -0.15) is 0 Å². The van der Waals surface area contributed by atoms with Crippen molar-refractivity contribution in [3.63, 3.8) is 0 Å². The smallest absolute Gasteiger partial charge is 0.315 e. The lowest BCUT2D eigenvalue weighted by atomic mass is 9.99. The van der Waals surface area contributed by atoms with Gasteiger partial charge in [-0.1, -0.05) is 12.1 Å². The van der Waals surface area contributed by atoms with E-state index in [-0.39, 0.29) is 11.3 Å². The maximum atomic E-state index is 13.5. The van der Waals surface area contributed by atoms with E-state index in [1.165, 1.54) is 25.3 Å². The van der Waals surface area contributed by atoms with Gasteiger partial charge in [0.05, 0.1) is 19.4 Å². The first-order valence-corrected chi connectivity index (χ1v) is 4.34. The number of anilines is 1. The van der Waals surface area contributed by atoms with E-state index in [0.717, 1.165) is 0 Å². The van der Waals surface area contributed by atoms with Crippen molar-refractivity contribution in [2.24, 2.45) is 0 Å². The van der Waals surface area contributed by atoms with Gasteiger partial charge >= 0.3 is 5.97 Å². The minimum absolute atomic E-state index is 0.0457. The highest BCUT2D eigenvalue weighted by Gasteiger charge is 2.24. The zero-order valence-corrected chi connectivity index (χ0v) is 8.24. The predicted molar refractivity (Wildman–Crippen MR) is 52.7 cm³/mol. The number of hydrogen-bond donors (Lipinski definition) is 2. The van der Waals surface area contributed by atoms with Crippen LogP contribution in [-0.2, 0) is 9.53 Å². The number of ether oxygens (including phenoxy) is 1. The molecule has 0 amide bonds. The number of benzene rings is 1. The summed E-state index contributed by atoms with van der Waals surface area (Å²) in [6.45, 7) is -0.521. The Morgan fingerprint density at radius 3 is 2.87 bits per heavy atom. The number of esters is 1. The van der Waals surface area contributed by atoms with E-state index in [0.29, 0.717) is 0 Å². The van der Waals surface area contributed by atoms with Gasteiger partial charge < -0.3 is 15.6 Å². The van der Waals surface area contributed by atoms with Crippen LogP contribution in [0.4, 0.5) is 10.1 Å². The molecule has 3 N–H and O–H groups in total. The van der Waals surface area contributed by atoms with Gasteiger partial charge in [-0.3, -0.25) is 4.79 Å². The Morgan fingerprint density at radius 1 is 1.67 bits per heavy atom. The molecule has 1 aromatic rings. The molecule has 4 nitrogen and oxygen atoms in total. The highest BCUT2D eigenvalue weighted by molar-refractivity contribution is 5.78. The van der Waals surface area contributed by atoms with Crippen molar-refractivity contribution in [1.29, 1.82) is 0 Å². The van der Waals surface area contributed by atoms with Crippen molar-refractivity contribution in [3.8, 4) is 0 Å². The second-order valence-corrected chi connectivity index (χ2v) is 3.01. The second-order valence-electron chi connectivity index (χ2n) is 3.01. The maximum Gasteiger partial charge on any atom is 0.315 e. The second kappa shape index (κ2) is 4.75. The molecular weight excluding hydrogens is 201 g/mol. The van der Waals surface area contributed by atoms with Crippen LogP contribution in [0.15, 0.2) is 18.2 Å². The number of aliphatic hydroxyl groups excluding tert-OH is 1. The Balaban J connectivity index is 3.12. The van der Waals surface area contributed by atoms with E-state index in [1.54, 1.807) is 0 Å². The predicted octanol–water partition coefficient (Wildman–Crippen LogP) is 0.657. The number of methoxy groups -OCH3 is 1. The van der Waals surface area contributed by atoms with Gasteiger partial charge in [-0.05, 0) is 6.07 Å². The summed E-state index contributed by atoms with van der Waals surface area (Å²) < 4.78 is 17.9. The summed E-state index contributed by atoms with van der Waals surface area (Å²) in [5.41, 5.74) is 5.33. The third-order valence-corrected chi connectivity index (χ3v) is 2.10. The molecule has 0 saturated heterocycles. The zero-order valence-electron chi connectivity index (χ0n) is 8.24. The SMILES string of the molecule is COC(=O)C(CO)c1cccc(N)c1F. The summed E-state index contributed by atoms with van der Waals surface area (Å²) in [7, 11) is 1.18. The normalized spacial score (nSPS) is 12.2. The molecule has 0 radical (unpaired) electrons. The van der Waals surface area contributed by atoms with Gasteiger partial charge in [-0.25, -0.2) is 4.39 Å². The van der Waals surface area contributed by atoms with Crippen LogP contribution in [-0.4, -0.2) is 24.8 Å². The van der Waals surface area contributed by atoms with Crippen LogP contribution < -0.4 is 5.73 Å². The Hall–Kier alpha value is -1.62. The molecular formula is C10H12FNO3. The highest BCUT2D eigenvalue weighted by atomic mass is 19.1. The minimum Gasteiger partial charge on any atom is -0.468 e. The van der Waals surface area contributed by atoms with Crippen LogP contribution in [0.1, 0.15) is 11.5 Å². The lowest BCUT2D eigenvalue weighted by molar-refractivity contribution is -0.143. The number of rotatable bonds is 3. The minimum atomic E-state index is -1.03. The summed E-state index contributed by atoms with van der Waals surface area (Å²) in [5, 5.41) is 8.99. The number of carbonyl (C=O) groups excluding carboxylic acids is 1. The summed E-state index contributed by atoms with van der Waals surface area (Å²) in [5.74, 6) is -2.41. The monoisotopic (exact) mass is 213 g/mol. The Morgan fingerprint density at radius 2 is 2.33 bits per heavy atom. The fourth-order valence-electron chi connectivity index (χ4n) is 1.28. The molecule has 82 valence electrons. The average Bonchev–Trinajstić information content (AvgIpc) is 2.24. The van der Waals surface area contributed by atoms with Crippen LogP contribution in [0.3, 0.4) is 0 Å². The molecule has 0 fully saturated rings. The van der Waals surface area contributed by atoms with Gasteiger partial charge in [0.1, 0.15) is 11.7 Å². The topological polar surface area (TPSA) is 72.5 Å². The number of halogens is 1. The summed E-state index contributed by atoms with van der Waals surface area (Å²) in [6, 6.07) is 4.29. The van der Waals surface area contributed by atoms with Crippen molar-refractivity contribution in [3.05, 3.63) is 29.6 Å². The van der Waals surface area contributed by atoms with Crippen LogP contribution in [0.25, 0.3) is 0 Å². The fourth-order valence-corrected chi connectivity index (χ4v) is 1.28. The van der Waals surface area contributed by atoms with E-state index >= 15 is 0 Å². The molecule has 0 aromatic heterocycles. The summed E-state index contributed by atoms with van der Waals surface area (Å²) in [6.07, 6.45) is 0. The Labute approximate surface area is 86.5 Å². The third kappa shape index (κ3) is 2.24. The van der Waals surface area contributed by atoms with E-state index in [9.17, 15) is 9.18 Å². The van der Waals surface area contributed by atoms with Gasteiger partial charge in [-0.15, -0.1) is 0 Å². The van der Waals surface area contributed by atoms with E-state index < -0.39 is 24.3 Å². The lowest BCUT2D eigenvalue weighted by Crippen LogP contribution is -2.19. The standard InChI is InChI=1S/C10H12FNO3/c1-15-10(14)7(5-13)6-3-2-4-8(12)9(6)11/h2-4,7,13H,5,12H2,1H3. The van der Waals surface area contributed by atoms with E-state index in [4.69, 9.17) is 10.8 Å². The summed E-state index contributed by atoms with van der Waals surface area (Å²) >= 11 is 0. The van der Waals surface area contributed by atoms with Gasteiger partial charge in [0, 0.05) is 5.56 Å². The first kappa shape index (κ1) is 11.5. The van der Waals surface area contributed by atoms with Crippen LogP contribution in [0, 0.1) is 5.82 Å². The molecule has 0 heterocycles. The van der Waals surface area contributed by atoms with Gasteiger partial charge in [0.2, 0.25) is 0 Å². The number of nitrogen functional groups attached to an aromatic ring is 1. The highest BCUT2D eigenvalue weighted by Crippen LogP contribution is 2.23. The number of carbonyl (C=O) groups is 1. The van der Waals surface area contributed by atoms with Gasteiger partial charge in [0.15, 0.2) is 0 Å². The number of hydrogen-bond acceptors (Lipinski definition) is 4. The molecule has 15 heavy (non-hydrogen) atoms. The maximum absolute atomic E-state index is 13.5. The summed E-state index contributed by atoms with van der Waals surface area (Å²) in [4.78, 5) is 11.2. The van der Waals surface area contributed by atoms with E-state index in [2.05, 4.69) is 4.74 Å². The molecule has 0 bridgehead atoms. The largest absolute Gasteiger partial charge is 0.468 e. The zero-order chi connectivity index (χ0) is 11.4. The first-order valence-electron chi connectivity index (χ1n) is 4.34. The molecule has 0 aliphatic rings. The van der Waals surface area contributed by atoms with Crippen molar-refractivity contribution >= 4 is 11.7 Å². The lowest BCUT2D eigenvalue weighted by Gasteiger charge is -2.13. The molecule has 5 heteroatoms. The molecule has 1 atom stereocenters. The number of nitrogens with two attached hydrogens (primary N) is 1. The van der Waals surface area contributed by atoms with Crippen molar-refractivity contribution < 1.29 is 19.0 Å². The van der Waals surface area contributed by atoms with Crippen molar-refractivity contribution in [2.75, 3.05) is 19.5 Å². The fraction of sp³-hybridized carbons (Fsp3) is 0.300.